The lowest BCUT2D eigenvalue weighted by Crippen LogP contribution is -2.46. The number of carbonyl (C=O) groups excluding carboxylic acids is 2. The number of amides is 2. The predicted molar refractivity (Wildman–Crippen MR) is 117 cm³/mol. The Morgan fingerprint density at radius 1 is 1.10 bits per heavy atom. The molecule has 162 valence electrons. The van der Waals surface area contributed by atoms with E-state index < -0.39 is 0 Å². The van der Waals surface area contributed by atoms with Crippen LogP contribution >= 0.6 is 0 Å². The van der Waals surface area contributed by atoms with Crippen molar-refractivity contribution in [3.8, 4) is 5.75 Å². The van der Waals surface area contributed by atoms with E-state index in [9.17, 15) is 9.59 Å². The van der Waals surface area contributed by atoms with Gasteiger partial charge in [0.1, 0.15) is 12.4 Å². The third-order valence-corrected chi connectivity index (χ3v) is 5.38. The summed E-state index contributed by atoms with van der Waals surface area (Å²) >= 11 is 0. The van der Waals surface area contributed by atoms with Crippen molar-refractivity contribution in [2.75, 3.05) is 26.2 Å². The molecule has 1 aromatic rings. The summed E-state index contributed by atoms with van der Waals surface area (Å²) in [6.45, 7) is 13.0. The number of nitrogens with zero attached hydrogens (tertiary/aromatic N) is 2. The zero-order chi connectivity index (χ0) is 21.4. The van der Waals surface area contributed by atoms with Gasteiger partial charge in [0.2, 0.25) is 5.91 Å². The van der Waals surface area contributed by atoms with E-state index in [1.165, 1.54) is 0 Å². The van der Waals surface area contributed by atoms with Crippen LogP contribution < -0.4 is 4.74 Å². The van der Waals surface area contributed by atoms with E-state index in [1.807, 2.05) is 41.0 Å². The molecule has 0 fully saturated rings. The summed E-state index contributed by atoms with van der Waals surface area (Å²) in [4.78, 5) is 30.0. The van der Waals surface area contributed by atoms with Gasteiger partial charge >= 0.3 is 0 Å². The van der Waals surface area contributed by atoms with Crippen LogP contribution in [0.25, 0.3) is 0 Å². The number of benzene rings is 1. The van der Waals surface area contributed by atoms with Gasteiger partial charge in [-0.15, -0.1) is 0 Å². The second-order valence-corrected chi connectivity index (χ2v) is 8.87. The summed E-state index contributed by atoms with van der Waals surface area (Å²) in [6.07, 6.45) is 3.23. The molecule has 0 bridgehead atoms. The summed E-state index contributed by atoms with van der Waals surface area (Å²) in [5.74, 6) is 1.64. The van der Waals surface area contributed by atoms with E-state index in [-0.39, 0.29) is 17.9 Å². The largest absolute Gasteiger partial charge is 0.491 e. The summed E-state index contributed by atoms with van der Waals surface area (Å²) in [5, 5.41) is 0. The summed E-state index contributed by atoms with van der Waals surface area (Å²) in [5.41, 5.74) is 0.610. The molecule has 0 unspecified atom stereocenters. The molecule has 0 saturated carbocycles. The number of fused-ring (bicyclic) bond motifs is 1. The van der Waals surface area contributed by atoms with Crippen molar-refractivity contribution in [3.05, 3.63) is 29.8 Å². The average Bonchev–Trinajstić information content (AvgIpc) is 2.66. The Bertz CT molecular complexity index is 672. The number of hydrogen-bond donors (Lipinski definition) is 0. The fourth-order valence-corrected chi connectivity index (χ4v) is 3.92. The van der Waals surface area contributed by atoms with Gasteiger partial charge in [0.15, 0.2) is 0 Å². The molecule has 1 heterocycles. The molecule has 0 saturated heterocycles. The molecule has 29 heavy (non-hydrogen) atoms. The Hall–Kier alpha value is -2.04. The van der Waals surface area contributed by atoms with Crippen molar-refractivity contribution in [2.24, 2.45) is 11.8 Å². The Morgan fingerprint density at radius 3 is 2.45 bits per heavy atom. The van der Waals surface area contributed by atoms with Gasteiger partial charge in [-0.1, -0.05) is 39.8 Å². The van der Waals surface area contributed by atoms with Crippen LogP contribution in [0.3, 0.4) is 0 Å². The van der Waals surface area contributed by atoms with Gasteiger partial charge in [0.05, 0.1) is 11.6 Å². The standard InChI is InChI=1S/C24H38N2O3/c1-6-25-13-9-10-14-26(23(27)16-19(4)5)20(15-18(2)3)17-29-22-12-8-7-11-21(22)24(25)28/h7-8,11-12,18-20H,6,9-10,13-17H2,1-5H3/t20-/m0/s1. The lowest BCUT2D eigenvalue weighted by atomic mass is 10.0. The Morgan fingerprint density at radius 2 is 1.79 bits per heavy atom. The summed E-state index contributed by atoms with van der Waals surface area (Å²) in [6, 6.07) is 7.49. The Labute approximate surface area is 176 Å². The van der Waals surface area contributed by atoms with Crippen LogP contribution in [-0.2, 0) is 4.79 Å². The van der Waals surface area contributed by atoms with Crippen molar-refractivity contribution in [1.29, 1.82) is 0 Å². The molecular weight excluding hydrogens is 364 g/mol. The first-order valence-corrected chi connectivity index (χ1v) is 11.1. The van der Waals surface area contributed by atoms with Crippen LogP contribution in [-0.4, -0.2) is 53.9 Å². The molecule has 1 atom stereocenters. The highest BCUT2D eigenvalue weighted by Crippen LogP contribution is 2.24. The molecule has 2 rings (SSSR count). The van der Waals surface area contributed by atoms with Gasteiger partial charge in [-0.05, 0) is 50.2 Å². The number of ether oxygens (including phenoxy) is 1. The van der Waals surface area contributed by atoms with Crippen LogP contribution in [0.4, 0.5) is 0 Å². The maximum atomic E-state index is 13.0. The first-order chi connectivity index (χ1) is 13.8. The van der Waals surface area contributed by atoms with Crippen molar-refractivity contribution in [1.82, 2.24) is 9.80 Å². The minimum atomic E-state index is 0.0195. The zero-order valence-electron chi connectivity index (χ0n) is 18.8. The fourth-order valence-electron chi connectivity index (χ4n) is 3.92. The van der Waals surface area contributed by atoms with E-state index in [0.29, 0.717) is 49.3 Å². The van der Waals surface area contributed by atoms with Crippen molar-refractivity contribution >= 4 is 11.8 Å². The van der Waals surface area contributed by atoms with Gasteiger partial charge in [-0.2, -0.15) is 0 Å². The molecule has 0 N–H and O–H groups in total. The smallest absolute Gasteiger partial charge is 0.257 e. The highest BCUT2D eigenvalue weighted by Gasteiger charge is 2.27. The van der Waals surface area contributed by atoms with Gasteiger partial charge in [-0.25, -0.2) is 0 Å². The van der Waals surface area contributed by atoms with Crippen LogP contribution in [0.15, 0.2) is 24.3 Å². The molecular formula is C24H38N2O3. The van der Waals surface area contributed by atoms with Crippen LogP contribution in [0.1, 0.15) is 70.7 Å². The average molecular weight is 403 g/mol. The van der Waals surface area contributed by atoms with Gasteiger partial charge in [0, 0.05) is 26.1 Å². The molecule has 0 aromatic heterocycles. The maximum Gasteiger partial charge on any atom is 0.257 e. The van der Waals surface area contributed by atoms with Gasteiger partial charge in [-0.3, -0.25) is 9.59 Å². The Kier molecular flexibility index (Phi) is 8.99. The second kappa shape index (κ2) is 11.2. The number of carbonyl (C=O) groups is 2. The van der Waals surface area contributed by atoms with E-state index in [1.54, 1.807) is 0 Å². The molecule has 5 nitrogen and oxygen atoms in total. The number of hydrogen-bond acceptors (Lipinski definition) is 3. The molecule has 5 heteroatoms. The first-order valence-electron chi connectivity index (χ1n) is 11.1. The van der Waals surface area contributed by atoms with E-state index in [0.717, 1.165) is 25.8 Å². The second-order valence-electron chi connectivity index (χ2n) is 8.87. The third kappa shape index (κ3) is 6.76. The summed E-state index contributed by atoms with van der Waals surface area (Å²) in [7, 11) is 0. The van der Waals surface area contributed by atoms with E-state index in [2.05, 4.69) is 27.7 Å². The monoisotopic (exact) mass is 402 g/mol. The lowest BCUT2D eigenvalue weighted by molar-refractivity contribution is -0.135. The SMILES string of the molecule is CCN1CCCCN(C(=O)CC(C)C)[C@@H](CC(C)C)COc2ccccc2C1=O. The molecule has 1 aromatic carbocycles. The normalized spacial score (nSPS) is 18.9. The number of rotatable bonds is 5. The summed E-state index contributed by atoms with van der Waals surface area (Å²) < 4.78 is 6.18. The van der Waals surface area contributed by atoms with Gasteiger partial charge < -0.3 is 14.5 Å². The van der Waals surface area contributed by atoms with Crippen LogP contribution in [0.2, 0.25) is 0 Å². The van der Waals surface area contributed by atoms with E-state index in [4.69, 9.17) is 4.74 Å². The maximum absolute atomic E-state index is 13.0. The van der Waals surface area contributed by atoms with Crippen molar-refractivity contribution in [3.63, 3.8) is 0 Å². The van der Waals surface area contributed by atoms with Crippen LogP contribution in [0.5, 0.6) is 5.75 Å². The van der Waals surface area contributed by atoms with Crippen molar-refractivity contribution in [2.45, 2.75) is 66.3 Å². The quantitative estimate of drug-likeness (QED) is 0.723. The third-order valence-electron chi connectivity index (χ3n) is 5.38. The highest BCUT2D eigenvalue weighted by atomic mass is 16.5. The molecule has 1 aliphatic rings. The van der Waals surface area contributed by atoms with E-state index >= 15 is 0 Å². The lowest BCUT2D eigenvalue weighted by Gasteiger charge is -2.34. The predicted octanol–water partition coefficient (Wildman–Crippen LogP) is 4.61. The minimum absolute atomic E-state index is 0.0195. The van der Waals surface area contributed by atoms with Crippen molar-refractivity contribution < 1.29 is 14.3 Å². The first kappa shape index (κ1) is 23.2. The zero-order valence-corrected chi connectivity index (χ0v) is 18.8. The minimum Gasteiger partial charge on any atom is -0.491 e. The molecule has 0 aliphatic carbocycles. The van der Waals surface area contributed by atoms with Crippen LogP contribution in [0, 0.1) is 11.8 Å². The molecule has 0 radical (unpaired) electrons. The molecule has 1 aliphatic heterocycles. The topological polar surface area (TPSA) is 49.9 Å². The van der Waals surface area contributed by atoms with Gasteiger partial charge in [0.25, 0.3) is 5.91 Å². The molecule has 0 spiro atoms. The fraction of sp³-hybridized carbons (Fsp3) is 0.667. The molecule has 2 amide bonds. The number of para-hydroxylation sites is 1. The highest BCUT2D eigenvalue weighted by molar-refractivity contribution is 5.96. The Balaban J connectivity index is 2.34.